The molecule has 1 aromatic carbocycles. The van der Waals surface area contributed by atoms with E-state index >= 15 is 0 Å². The molecular formula is C20H22N4O4S. The molecule has 0 radical (unpaired) electrons. The van der Waals surface area contributed by atoms with Crippen molar-refractivity contribution in [3.8, 4) is 0 Å². The van der Waals surface area contributed by atoms with Gasteiger partial charge in [0.15, 0.2) is 5.11 Å². The topological polar surface area (TPSA) is 112 Å². The van der Waals surface area contributed by atoms with Gasteiger partial charge in [-0.3, -0.25) is 30.6 Å². The summed E-state index contributed by atoms with van der Waals surface area (Å²) in [5, 5.41) is 5.03. The first-order valence-corrected chi connectivity index (χ1v) is 9.23. The van der Waals surface area contributed by atoms with E-state index in [1.807, 2.05) is 32.0 Å². The highest BCUT2D eigenvalue weighted by molar-refractivity contribution is 7.80. The zero-order chi connectivity index (χ0) is 21.2. The van der Waals surface area contributed by atoms with Crippen LogP contribution in [0.25, 0.3) is 6.08 Å². The largest absolute Gasteiger partial charge is 0.465 e. The van der Waals surface area contributed by atoms with Gasteiger partial charge in [-0.25, -0.2) is 0 Å². The van der Waals surface area contributed by atoms with E-state index in [1.54, 1.807) is 12.1 Å². The van der Waals surface area contributed by atoms with E-state index in [0.29, 0.717) is 11.4 Å². The standard InChI is InChI=1S/C20H22N4O4S/c1-13-5-6-15(12-14(13)2)21-17(25)9-10-19(27)23-24-20(29)22-18(26)8-7-16-4-3-11-28-16/h3-8,11-12H,9-10H2,1-2H3,(H,21,25)(H,23,27)(H2,22,24,26,29)/b8-7+. The van der Waals surface area contributed by atoms with Crippen LogP contribution >= 0.6 is 12.2 Å². The molecule has 8 nitrogen and oxygen atoms in total. The molecule has 0 aliphatic heterocycles. The van der Waals surface area contributed by atoms with Gasteiger partial charge in [0.05, 0.1) is 6.26 Å². The first-order chi connectivity index (χ1) is 13.8. The summed E-state index contributed by atoms with van der Waals surface area (Å²) in [6, 6.07) is 8.98. The number of thiocarbonyl (C=S) groups is 1. The SMILES string of the molecule is Cc1ccc(NC(=O)CCC(=O)NNC(=S)NC(=O)/C=C/c2ccco2)cc1C. The Hall–Kier alpha value is -3.46. The number of rotatable bonds is 6. The molecule has 1 aromatic heterocycles. The van der Waals surface area contributed by atoms with Gasteiger partial charge in [0, 0.05) is 24.6 Å². The van der Waals surface area contributed by atoms with Crippen LogP contribution in [-0.2, 0) is 14.4 Å². The predicted molar refractivity (Wildman–Crippen MR) is 114 cm³/mol. The third-order valence-corrected chi connectivity index (χ3v) is 4.07. The van der Waals surface area contributed by atoms with Crippen molar-refractivity contribution < 1.29 is 18.8 Å². The van der Waals surface area contributed by atoms with Crippen molar-refractivity contribution in [2.24, 2.45) is 0 Å². The van der Waals surface area contributed by atoms with Crippen molar-refractivity contribution in [1.29, 1.82) is 0 Å². The van der Waals surface area contributed by atoms with Gasteiger partial charge in [0.25, 0.3) is 0 Å². The molecule has 4 N–H and O–H groups in total. The molecule has 0 aliphatic carbocycles. The second-order valence-electron chi connectivity index (χ2n) is 6.19. The molecule has 2 rings (SSSR count). The smallest absolute Gasteiger partial charge is 0.250 e. The molecule has 9 heteroatoms. The molecule has 2 aromatic rings. The van der Waals surface area contributed by atoms with E-state index in [0.717, 1.165) is 11.1 Å². The van der Waals surface area contributed by atoms with Crippen LogP contribution in [0.3, 0.4) is 0 Å². The Balaban J connectivity index is 1.65. The number of carbonyl (C=O) groups is 3. The Labute approximate surface area is 173 Å². The maximum Gasteiger partial charge on any atom is 0.250 e. The average molecular weight is 414 g/mol. The minimum atomic E-state index is -0.485. The van der Waals surface area contributed by atoms with Crippen LogP contribution in [0.15, 0.2) is 47.1 Å². The molecule has 0 saturated carbocycles. The lowest BCUT2D eigenvalue weighted by Crippen LogP contribution is -2.48. The van der Waals surface area contributed by atoms with Crippen molar-refractivity contribution in [2.75, 3.05) is 5.32 Å². The molecule has 3 amide bonds. The number of anilines is 1. The van der Waals surface area contributed by atoms with Crippen LogP contribution in [-0.4, -0.2) is 22.8 Å². The molecule has 0 spiro atoms. The quantitative estimate of drug-likeness (QED) is 0.328. The lowest BCUT2D eigenvalue weighted by Gasteiger charge is -2.10. The molecule has 1 heterocycles. The average Bonchev–Trinajstić information content (AvgIpc) is 3.20. The summed E-state index contributed by atoms with van der Waals surface area (Å²) < 4.78 is 5.06. The van der Waals surface area contributed by atoms with Gasteiger partial charge in [-0.05, 0) is 67.5 Å². The van der Waals surface area contributed by atoms with E-state index in [-0.39, 0.29) is 23.9 Å². The van der Waals surface area contributed by atoms with Gasteiger partial charge in [-0.1, -0.05) is 6.07 Å². The van der Waals surface area contributed by atoms with Crippen LogP contribution in [0.2, 0.25) is 0 Å². The number of hydrogen-bond donors (Lipinski definition) is 4. The van der Waals surface area contributed by atoms with Crippen LogP contribution in [0, 0.1) is 13.8 Å². The van der Waals surface area contributed by atoms with E-state index < -0.39 is 11.8 Å². The van der Waals surface area contributed by atoms with Crippen molar-refractivity contribution in [3.63, 3.8) is 0 Å². The zero-order valence-electron chi connectivity index (χ0n) is 16.1. The van der Waals surface area contributed by atoms with E-state index in [2.05, 4.69) is 21.5 Å². The fourth-order valence-electron chi connectivity index (χ4n) is 2.19. The van der Waals surface area contributed by atoms with E-state index in [4.69, 9.17) is 16.6 Å². The van der Waals surface area contributed by atoms with Gasteiger partial charge in [0.1, 0.15) is 5.76 Å². The maximum atomic E-state index is 12.0. The minimum absolute atomic E-state index is 0.00540. The monoisotopic (exact) mass is 414 g/mol. The van der Waals surface area contributed by atoms with Crippen molar-refractivity contribution >= 4 is 46.8 Å². The minimum Gasteiger partial charge on any atom is -0.465 e. The molecule has 29 heavy (non-hydrogen) atoms. The number of aryl methyl sites for hydroxylation is 2. The Morgan fingerprint density at radius 3 is 2.48 bits per heavy atom. The number of nitrogens with one attached hydrogen (secondary N) is 4. The highest BCUT2D eigenvalue weighted by atomic mass is 32.1. The summed E-state index contributed by atoms with van der Waals surface area (Å²) in [6.07, 6.45) is 4.17. The molecule has 0 fully saturated rings. The van der Waals surface area contributed by atoms with Crippen molar-refractivity contribution in [3.05, 3.63) is 59.6 Å². The summed E-state index contributed by atoms with van der Waals surface area (Å²) >= 11 is 4.91. The Morgan fingerprint density at radius 2 is 1.79 bits per heavy atom. The molecule has 0 bridgehead atoms. The first kappa shape index (κ1) is 21.8. The van der Waals surface area contributed by atoms with E-state index in [9.17, 15) is 14.4 Å². The summed E-state index contributed by atoms with van der Waals surface area (Å²) in [6.45, 7) is 3.94. The molecular weight excluding hydrogens is 392 g/mol. The number of benzene rings is 1. The van der Waals surface area contributed by atoms with Crippen LogP contribution in [0.5, 0.6) is 0 Å². The number of hydrazine groups is 1. The zero-order valence-corrected chi connectivity index (χ0v) is 16.9. The fourth-order valence-corrected chi connectivity index (χ4v) is 2.34. The first-order valence-electron chi connectivity index (χ1n) is 8.82. The third kappa shape index (κ3) is 7.97. The Bertz CT molecular complexity index is 923. The van der Waals surface area contributed by atoms with Gasteiger partial charge in [-0.15, -0.1) is 0 Å². The number of carbonyl (C=O) groups excluding carboxylic acids is 3. The van der Waals surface area contributed by atoms with Crippen molar-refractivity contribution in [2.45, 2.75) is 26.7 Å². The number of hydrogen-bond acceptors (Lipinski definition) is 5. The molecule has 0 atom stereocenters. The summed E-state index contributed by atoms with van der Waals surface area (Å²) in [5.41, 5.74) is 7.61. The van der Waals surface area contributed by atoms with Gasteiger partial charge in [0.2, 0.25) is 17.7 Å². The molecule has 0 unspecified atom stereocenters. The summed E-state index contributed by atoms with van der Waals surface area (Å²) in [7, 11) is 0. The predicted octanol–water partition coefficient (Wildman–Crippen LogP) is 2.35. The van der Waals surface area contributed by atoms with Gasteiger partial charge in [-0.2, -0.15) is 0 Å². The molecule has 0 aliphatic rings. The van der Waals surface area contributed by atoms with Gasteiger partial charge < -0.3 is 9.73 Å². The highest BCUT2D eigenvalue weighted by Gasteiger charge is 2.09. The van der Waals surface area contributed by atoms with Gasteiger partial charge >= 0.3 is 0 Å². The maximum absolute atomic E-state index is 12.0. The second kappa shape index (κ2) is 10.8. The van der Waals surface area contributed by atoms with Crippen LogP contribution in [0.1, 0.15) is 29.7 Å². The fraction of sp³-hybridized carbons (Fsp3) is 0.200. The highest BCUT2D eigenvalue weighted by Crippen LogP contribution is 2.14. The molecule has 152 valence electrons. The molecule has 0 saturated heterocycles. The third-order valence-electron chi connectivity index (χ3n) is 3.86. The lowest BCUT2D eigenvalue weighted by atomic mass is 10.1. The Kier molecular flexibility index (Phi) is 8.11. The second-order valence-corrected chi connectivity index (χ2v) is 6.60. The Morgan fingerprint density at radius 1 is 1.03 bits per heavy atom. The normalized spacial score (nSPS) is 10.4. The van der Waals surface area contributed by atoms with Crippen molar-refractivity contribution in [1.82, 2.24) is 16.2 Å². The van der Waals surface area contributed by atoms with Crippen LogP contribution in [0.4, 0.5) is 5.69 Å². The van der Waals surface area contributed by atoms with E-state index in [1.165, 1.54) is 18.4 Å². The summed E-state index contributed by atoms with van der Waals surface area (Å²) in [5.74, 6) is -0.683. The number of amides is 3. The lowest BCUT2D eigenvalue weighted by molar-refractivity contribution is -0.124. The summed E-state index contributed by atoms with van der Waals surface area (Å²) in [4.78, 5) is 35.5. The van der Waals surface area contributed by atoms with Crippen LogP contribution < -0.4 is 21.5 Å². The number of furan rings is 1.